The highest BCUT2D eigenvalue weighted by Crippen LogP contribution is 2.34. The molecule has 1 aromatic carbocycles. The van der Waals surface area contributed by atoms with Gasteiger partial charge < -0.3 is 9.64 Å². The van der Waals surface area contributed by atoms with Gasteiger partial charge in [-0.3, -0.25) is 4.79 Å². The summed E-state index contributed by atoms with van der Waals surface area (Å²) in [6, 6.07) is 5.98. The van der Waals surface area contributed by atoms with Crippen LogP contribution < -0.4 is 0 Å². The molecule has 0 saturated carbocycles. The lowest BCUT2D eigenvalue weighted by Gasteiger charge is -2.29. The van der Waals surface area contributed by atoms with E-state index in [2.05, 4.69) is 6.07 Å². The predicted octanol–water partition coefficient (Wildman–Crippen LogP) is 4.52. The average Bonchev–Trinajstić information content (AvgIpc) is 2.94. The van der Waals surface area contributed by atoms with E-state index >= 15 is 0 Å². The molecule has 0 N–H and O–H groups in total. The Hall–Kier alpha value is -1.84. The minimum atomic E-state index is -0.489. The third kappa shape index (κ3) is 4.12. The molecule has 1 aliphatic rings. The summed E-state index contributed by atoms with van der Waals surface area (Å²) in [5.41, 5.74) is 2.43. The lowest BCUT2D eigenvalue weighted by atomic mass is 9.95. The number of likely N-dealkylation sites (tertiary alicyclic amines) is 1. The molecule has 4 heteroatoms. The summed E-state index contributed by atoms with van der Waals surface area (Å²) in [5.74, 6) is 0.0869. The summed E-state index contributed by atoms with van der Waals surface area (Å²) in [5, 5.41) is 0. The molecule has 1 unspecified atom stereocenters. The van der Waals surface area contributed by atoms with E-state index in [1.807, 2.05) is 44.7 Å². The Bertz CT molecular complexity index is 601. The summed E-state index contributed by atoms with van der Waals surface area (Å²) in [6.45, 7) is 10.0. The number of benzene rings is 1. The monoisotopic (exact) mass is 317 g/mol. The lowest BCUT2D eigenvalue weighted by Crippen LogP contribution is -2.36. The Kier molecular flexibility index (Phi) is 5.12. The maximum absolute atomic E-state index is 12.4. The quantitative estimate of drug-likeness (QED) is 0.770. The van der Waals surface area contributed by atoms with Crippen LogP contribution in [0.15, 0.2) is 18.2 Å². The Balaban J connectivity index is 2.26. The zero-order valence-electron chi connectivity index (χ0n) is 14.8. The van der Waals surface area contributed by atoms with E-state index in [1.54, 1.807) is 6.92 Å². The van der Waals surface area contributed by atoms with Crippen molar-refractivity contribution in [2.45, 2.75) is 65.5 Å². The van der Waals surface area contributed by atoms with E-state index in [1.165, 1.54) is 0 Å². The summed E-state index contributed by atoms with van der Waals surface area (Å²) in [6.07, 6.45) is 2.46. The minimum absolute atomic E-state index is 0.0381. The van der Waals surface area contributed by atoms with Crippen LogP contribution in [-0.2, 0) is 11.2 Å². The van der Waals surface area contributed by atoms with Crippen LogP contribution in [0.4, 0.5) is 4.79 Å². The van der Waals surface area contributed by atoms with E-state index in [9.17, 15) is 9.59 Å². The zero-order chi connectivity index (χ0) is 17.2. The molecular weight excluding hydrogens is 290 g/mol. The molecule has 0 aliphatic carbocycles. The van der Waals surface area contributed by atoms with Gasteiger partial charge in [-0.2, -0.15) is 0 Å². The third-order valence-corrected chi connectivity index (χ3v) is 4.16. The zero-order valence-corrected chi connectivity index (χ0v) is 14.8. The molecule has 0 bridgehead atoms. The van der Waals surface area contributed by atoms with Crippen LogP contribution in [0.1, 0.15) is 75.0 Å². The van der Waals surface area contributed by atoms with Crippen molar-refractivity contribution in [2.24, 2.45) is 0 Å². The van der Waals surface area contributed by atoms with Gasteiger partial charge >= 0.3 is 6.09 Å². The number of rotatable bonds is 3. The van der Waals surface area contributed by atoms with Crippen LogP contribution >= 0.6 is 0 Å². The van der Waals surface area contributed by atoms with Gasteiger partial charge in [-0.1, -0.05) is 25.1 Å². The Morgan fingerprint density at radius 1 is 1.30 bits per heavy atom. The molecule has 1 saturated heterocycles. The normalized spacial score (nSPS) is 18.1. The second kappa shape index (κ2) is 6.73. The number of carbonyl (C=O) groups excluding carboxylic acids is 2. The molecule has 1 amide bonds. The minimum Gasteiger partial charge on any atom is -0.444 e. The molecule has 4 nitrogen and oxygen atoms in total. The fourth-order valence-corrected chi connectivity index (χ4v) is 3.11. The molecule has 0 radical (unpaired) electrons. The van der Waals surface area contributed by atoms with Gasteiger partial charge in [0.25, 0.3) is 0 Å². The van der Waals surface area contributed by atoms with Crippen LogP contribution in [0, 0.1) is 0 Å². The smallest absolute Gasteiger partial charge is 0.410 e. The molecule has 1 atom stereocenters. The fraction of sp³-hybridized carbons (Fsp3) is 0.579. The second-order valence-electron chi connectivity index (χ2n) is 7.16. The number of hydrogen-bond acceptors (Lipinski definition) is 3. The molecule has 126 valence electrons. The summed E-state index contributed by atoms with van der Waals surface area (Å²) in [7, 11) is 0. The first-order valence-corrected chi connectivity index (χ1v) is 8.36. The number of ether oxygens (including phenoxy) is 1. The number of Topliss-reactive ketones (excluding diaryl/α,β-unsaturated/α-hetero) is 1. The number of aryl methyl sites for hydroxylation is 1. The van der Waals surface area contributed by atoms with E-state index in [0.717, 1.165) is 42.5 Å². The molecule has 1 heterocycles. The van der Waals surface area contributed by atoms with Crippen molar-refractivity contribution in [3.05, 3.63) is 34.9 Å². The summed E-state index contributed by atoms with van der Waals surface area (Å²) in [4.78, 5) is 25.9. The molecule has 0 spiro atoms. The third-order valence-electron chi connectivity index (χ3n) is 4.16. The first-order chi connectivity index (χ1) is 10.7. The number of hydrogen-bond donors (Lipinski definition) is 0. The van der Waals surface area contributed by atoms with Crippen molar-refractivity contribution in [1.82, 2.24) is 4.90 Å². The van der Waals surface area contributed by atoms with E-state index in [-0.39, 0.29) is 17.9 Å². The molecule has 23 heavy (non-hydrogen) atoms. The number of nitrogens with zero attached hydrogens (tertiary/aromatic N) is 1. The molecule has 1 aromatic rings. The van der Waals surface area contributed by atoms with E-state index in [4.69, 9.17) is 4.74 Å². The van der Waals surface area contributed by atoms with Gasteiger partial charge in [0.15, 0.2) is 5.78 Å². The molecule has 0 aromatic heterocycles. The second-order valence-corrected chi connectivity index (χ2v) is 7.16. The van der Waals surface area contributed by atoms with E-state index in [0.29, 0.717) is 0 Å². The van der Waals surface area contributed by atoms with Gasteiger partial charge in [-0.25, -0.2) is 4.79 Å². The predicted molar refractivity (Wildman–Crippen MR) is 90.7 cm³/mol. The van der Waals surface area contributed by atoms with Crippen LogP contribution in [0.5, 0.6) is 0 Å². The summed E-state index contributed by atoms with van der Waals surface area (Å²) >= 11 is 0. The Labute approximate surface area is 138 Å². The van der Waals surface area contributed by atoms with Crippen molar-refractivity contribution in [3.8, 4) is 0 Å². The van der Waals surface area contributed by atoms with Crippen LogP contribution in [-0.4, -0.2) is 28.9 Å². The number of carbonyl (C=O) groups is 2. The standard InChI is InChI=1S/C19H27NO3/c1-6-14-12-15(9-10-16(14)13(2)21)17-8-7-11-20(17)18(22)23-19(3,4)5/h9-10,12,17H,6-8,11H2,1-5H3. The van der Waals surface area contributed by atoms with Gasteiger partial charge in [-0.05, 0) is 58.1 Å². The van der Waals surface area contributed by atoms with Gasteiger partial charge in [0.05, 0.1) is 6.04 Å². The largest absolute Gasteiger partial charge is 0.444 e. The first kappa shape index (κ1) is 17.5. The molecule has 1 fully saturated rings. The van der Waals surface area contributed by atoms with Gasteiger partial charge in [0.2, 0.25) is 0 Å². The van der Waals surface area contributed by atoms with Gasteiger partial charge in [0, 0.05) is 12.1 Å². The van der Waals surface area contributed by atoms with Crippen LogP contribution in [0.3, 0.4) is 0 Å². The molecule has 1 aliphatic heterocycles. The summed E-state index contributed by atoms with van der Waals surface area (Å²) < 4.78 is 5.52. The van der Waals surface area contributed by atoms with Crippen molar-refractivity contribution >= 4 is 11.9 Å². The van der Waals surface area contributed by atoms with E-state index < -0.39 is 5.60 Å². The van der Waals surface area contributed by atoms with Crippen molar-refractivity contribution in [3.63, 3.8) is 0 Å². The average molecular weight is 317 g/mol. The Morgan fingerprint density at radius 3 is 2.57 bits per heavy atom. The topological polar surface area (TPSA) is 46.6 Å². The number of amides is 1. The van der Waals surface area contributed by atoms with Crippen molar-refractivity contribution < 1.29 is 14.3 Å². The highest BCUT2D eigenvalue weighted by molar-refractivity contribution is 5.95. The van der Waals surface area contributed by atoms with Crippen LogP contribution in [0.25, 0.3) is 0 Å². The maximum atomic E-state index is 12.4. The number of ketones is 1. The lowest BCUT2D eigenvalue weighted by molar-refractivity contribution is 0.0224. The Morgan fingerprint density at radius 2 is 2.00 bits per heavy atom. The van der Waals surface area contributed by atoms with Gasteiger partial charge in [-0.15, -0.1) is 0 Å². The fourth-order valence-electron chi connectivity index (χ4n) is 3.11. The van der Waals surface area contributed by atoms with Crippen LogP contribution in [0.2, 0.25) is 0 Å². The highest BCUT2D eigenvalue weighted by Gasteiger charge is 2.33. The SMILES string of the molecule is CCc1cc(C2CCCN2C(=O)OC(C)(C)C)ccc1C(C)=O. The van der Waals surface area contributed by atoms with Gasteiger partial charge in [0.1, 0.15) is 5.60 Å². The molecule has 2 rings (SSSR count). The van der Waals surface area contributed by atoms with Crippen molar-refractivity contribution in [2.75, 3.05) is 6.54 Å². The highest BCUT2D eigenvalue weighted by atomic mass is 16.6. The maximum Gasteiger partial charge on any atom is 0.410 e. The first-order valence-electron chi connectivity index (χ1n) is 8.36. The molecular formula is C19H27NO3. The van der Waals surface area contributed by atoms with Crippen molar-refractivity contribution in [1.29, 1.82) is 0 Å².